The Bertz CT molecular complexity index is 729. The molecule has 6 nitrogen and oxygen atoms in total. The fraction of sp³-hybridized carbons (Fsp3) is 0.526. The number of thiazole rings is 1. The minimum atomic E-state index is 0.634. The van der Waals surface area contributed by atoms with Crippen molar-refractivity contribution in [3.05, 3.63) is 39.5 Å². The van der Waals surface area contributed by atoms with E-state index in [4.69, 9.17) is 4.99 Å². The number of aromatic nitrogens is 2. The van der Waals surface area contributed by atoms with E-state index in [1.54, 1.807) is 11.3 Å². The molecule has 0 atom stereocenters. The monoisotopic (exact) mass is 372 g/mol. The third-order valence-electron chi connectivity index (χ3n) is 4.48. The topological polar surface area (TPSA) is 65.4 Å². The number of aliphatic imine (C=N–C) groups is 1. The van der Waals surface area contributed by atoms with Crippen molar-refractivity contribution in [1.82, 2.24) is 20.6 Å². The zero-order valence-corrected chi connectivity index (χ0v) is 16.7. The largest absolute Gasteiger partial charge is 0.357 e. The number of guanidine groups is 1. The van der Waals surface area contributed by atoms with E-state index in [1.165, 1.54) is 23.3 Å². The summed E-state index contributed by atoms with van der Waals surface area (Å²) in [5.41, 5.74) is 2.29. The summed E-state index contributed by atoms with van der Waals surface area (Å²) in [5.74, 6) is 1.89. The van der Waals surface area contributed by atoms with Crippen molar-refractivity contribution in [1.29, 1.82) is 0 Å². The summed E-state index contributed by atoms with van der Waals surface area (Å²) in [6.45, 7) is 10.6. The Morgan fingerprint density at radius 3 is 2.77 bits per heavy atom. The molecule has 140 valence electrons. The van der Waals surface area contributed by atoms with Gasteiger partial charge in [0.1, 0.15) is 10.8 Å². The lowest BCUT2D eigenvalue weighted by Crippen LogP contribution is -2.36. The average molecular weight is 373 g/mol. The lowest BCUT2D eigenvalue weighted by atomic mass is 10.2. The highest BCUT2D eigenvalue weighted by atomic mass is 32.1. The fourth-order valence-corrected chi connectivity index (χ4v) is 3.84. The van der Waals surface area contributed by atoms with E-state index in [-0.39, 0.29) is 0 Å². The summed E-state index contributed by atoms with van der Waals surface area (Å²) in [6, 6.07) is 4.20. The second kappa shape index (κ2) is 8.98. The van der Waals surface area contributed by atoms with Gasteiger partial charge in [-0.05, 0) is 51.3 Å². The van der Waals surface area contributed by atoms with Gasteiger partial charge in [-0.25, -0.2) is 15.0 Å². The normalized spacial score (nSPS) is 14.7. The SMILES string of the molecule is CCNC(=NCc1ccnc(N2CCCC2)c1)NCc1nc(C)c(C)s1. The summed E-state index contributed by atoms with van der Waals surface area (Å²) in [4.78, 5) is 17.4. The number of nitrogens with zero attached hydrogens (tertiary/aromatic N) is 4. The van der Waals surface area contributed by atoms with Crippen molar-refractivity contribution >= 4 is 23.1 Å². The highest BCUT2D eigenvalue weighted by Crippen LogP contribution is 2.19. The first-order valence-corrected chi connectivity index (χ1v) is 10.1. The van der Waals surface area contributed by atoms with Crippen molar-refractivity contribution in [2.75, 3.05) is 24.5 Å². The first-order valence-electron chi connectivity index (χ1n) is 9.30. The zero-order chi connectivity index (χ0) is 18.4. The molecule has 3 rings (SSSR count). The molecule has 2 N–H and O–H groups in total. The van der Waals surface area contributed by atoms with Crippen LogP contribution in [0.25, 0.3) is 0 Å². The van der Waals surface area contributed by atoms with Crippen molar-refractivity contribution in [3.8, 4) is 0 Å². The van der Waals surface area contributed by atoms with Gasteiger partial charge < -0.3 is 15.5 Å². The van der Waals surface area contributed by atoms with Gasteiger partial charge in [0.25, 0.3) is 0 Å². The van der Waals surface area contributed by atoms with Gasteiger partial charge >= 0.3 is 0 Å². The Hall–Kier alpha value is -2.15. The molecule has 2 aromatic heterocycles. The minimum absolute atomic E-state index is 0.634. The molecule has 0 unspecified atom stereocenters. The Labute approximate surface area is 159 Å². The number of nitrogens with one attached hydrogen (secondary N) is 2. The first kappa shape index (κ1) is 18.6. The number of aryl methyl sites for hydroxylation is 2. The van der Waals surface area contributed by atoms with Crippen molar-refractivity contribution in [2.45, 2.75) is 46.7 Å². The maximum absolute atomic E-state index is 4.72. The molecule has 3 heterocycles. The van der Waals surface area contributed by atoms with E-state index < -0.39 is 0 Å². The Kier molecular flexibility index (Phi) is 6.44. The van der Waals surface area contributed by atoms with Crippen LogP contribution in [0, 0.1) is 13.8 Å². The van der Waals surface area contributed by atoms with Crippen LogP contribution in [0.4, 0.5) is 5.82 Å². The van der Waals surface area contributed by atoms with Gasteiger partial charge in [-0.15, -0.1) is 11.3 Å². The summed E-state index contributed by atoms with van der Waals surface area (Å²) < 4.78 is 0. The first-order chi connectivity index (χ1) is 12.7. The maximum Gasteiger partial charge on any atom is 0.191 e. The maximum atomic E-state index is 4.72. The molecule has 0 aliphatic carbocycles. The third-order valence-corrected chi connectivity index (χ3v) is 5.56. The summed E-state index contributed by atoms with van der Waals surface area (Å²) in [5, 5.41) is 7.77. The predicted octanol–water partition coefficient (Wildman–Crippen LogP) is 3.01. The van der Waals surface area contributed by atoms with Crippen LogP contribution in [-0.2, 0) is 13.1 Å². The van der Waals surface area contributed by atoms with Crippen LogP contribution in [0.1, 0.15) is 40.9 Å². The molecule has 1 aliphatic heterocycles. The molecule has 1 saturated heterocycles. The van der Waals surface area contributed by atoms with Gasteiger partial charge in [-0.3, -0.25) is 0 Å². The average Bonchev–Trinajstić information content (AvgIpc) is 3.28. The van der Waals surface area contributed by atoms with Crippen LogP contribution in [0.2, 0.25) is 0 Å². The summed E-state index contributed by atoms with van der Waals surface area (Å²) in [7, 11) is 0. The summed E-state index contributed by atoms with van der Waals surface area (Å²) in [6.07, 6.45) is 4.41. The van der Waals surface area contributed by atoms with Crippen molar-refractivity contribution in [2.24, 2.45) is 4.99 Å². The molecule has 0 saturated carbocycles. The second-order valence-corrected chi connectivity index (χ2v) is 7.80. The number of pyridine rings is 1. The lowest BCUT2D eigenvalue weighted by molar-refractivity contribution is 0.809. The van der Waals surface area contributed by atoms with Crippen LogP contribution >= 0.6 is 11.3 Å². The molecule has 7 heteroatoms. The Balaban J connectivity index is 1.62. The van der Waals surface area contributed by atoms with Gasteiger partial charge in [0.05, 0.1) is 18.8 Å². The van der Waals surface area contributed by atoms with Crippen molar-refractivity contribution < 1.29 is 0 Å². The molecule has 0 amide bonds. The molecule has 2 aromatic rings. The molecular weight excluding hydrogens is 344 g/mol. The van der Waals surface area contributed by atoms with Crippen LogP contribution in [0.15, 0.2) is 23.3 Å². The second-order valence-electron chi connectivity index (χ2n) is 6.51. The summed E-state index contributed by atoms with van der Waals surface area (Å²) >= 11 is 1.73. The third kappa shape index (κ3) is 4.94. The molecule has 1 aliphatic rings. The molecule has 1 fully saturated rings. The number of hydrogen-bond donors (Lipinski definition) is 2. The van der Waals surface area contributed by atoms with E-state index in [9.17, 15) is 0 Å². The van der Waals surface area contributed by atoms with Gasteiger partial charge in [0, 0.05) is 30.7 Å². The number of hydrogen-bond acceptors (Lipinski definition) is 5. The molecule has 0 radical (unpaired) electrons. The Morgan fingerprint density at radius 2 is 2.08 bits per heavy atom. The smallest absolute Gasteiger partial charge is 0.191 e. The van der Waals surface area contributed by atoms with Gasteiger partial charge in [-0.2, -0.15) is 0 Å². The van der Waals surface area contributed by atoms with Crippen molar-refractivity contribution in [3.63, 3.8) is 0 Å². The van der Waals surface area contributed by atoms with Crippen LogP contribution in [-0.4, -0.2) is 35.6 Å². The molecule has 26 heavy (non-hydrogen) atoms. The van der Waals surface area contributed by atoms with E-state index >= 15 is 0 Å². The van der Waals surface area contributed by atoms with Gasteiger partial charge in [0.15, 0.2) is 5.96 Å². The molecule has 0 aromatic carbocycles. The number of anilines is 1. The molecule has 0 bridgehead atoms. The number of rotatable bonds is 6. The van der Waals surface area contributed by atoms with Crippen LogP contribution < -0.4 is 15.5 Å². The van der Waals surface area contributed by atoms with E-state index in [2.05, 4.69) is 52.3 Å². The Morgan fingerprint density at radius 1 is 1.27 bits per heavy atom. The van der Waals surface area contributed by atoms with E-state index in [0.717, 1.165) is 42.1 Å². The predicted molar refractivity (Wildman–Crippen MR) is 109 cm³/mol. The van der Waals surface area contributed by atoms with Crippen LogP contribution in [0.5, 0.6) is 0 Å². The molecule has 0 spiro atoms. The zero-order valence-electron chi connectivity index (χ0n) is 15.9. The van der Waals surface area contributed by atoms with Crippen LogP contribution in [0.3, 0.4) is 0 Å². The van der Waals surface area contributed by atoms with E-state index in [0.29, 0.717) is 13.1 Å². The highest BCUT2D eigenvalue weighted by molar-refractivity contribution is 7.11. The minimum Gasteiger partial charge on any atom is -0.357 e. The molecular formula is C19H28N6S. The van der Waals surface area contributed by atoms with E-state index in [1.807, 2.05) is 12.3 Å². The van der Waals surface area contributed by atoms with Gasteiger partial charge in [0.2, 0.25) is 0 Å². The quantitative estimate of drug-likeness (QED) is 0.603. The standard InChI is InChI=1S/C19H28N6S/c1-4-20-19(23-13-18-24-14(2)15(3)26-18)22-12-16-7-8-21-17(11-16)25-9-5-6-10-25/h7-8,11H,4-6,9-10,12-13H2,1-3H3,(H2,20,22,23). The fourth-order valence-electron chi connectivity index (χ4n) is 2.96. The highest BCUT2D eigenvalue weighted by Gasteiger charge is 2.13. The van der Waals surface area contributed by atoms with Gasteiger partial charge in [-0.1, -0.05) is 0 Å². The lowest BCUT2D eigenvalue weighted by Gasteiger charge is -2.16.